The fourth-order valence-corrected chi connectivity index (χ4v) is 2.90. The summed E-state index contributed by atoms with van der Waals surface area (Å²) in [5, 5.41) is 0. The van der Waals surface area contributed by atoms with Crippen LogP contribution in [0.25, 0.3) is 6.08 Å². The molecule has 1 atom stereocenters. The van der Waals surface area contributed by atoms with Crippen LogP contribution in [0.1, 0.15) is 56.5 Å². The average molecular weight is 330 g/mol. The van der Waals surface area contributed by atoms with Gasteiger partial charge in [0.05, 0.1) is 19.8 Å². The van der Waals surface area contributed by atoms with Gasteiger partial charge in [-0.1, -0.05) is 11.6 Å². The summed E-state index contributed by atoms with van der Waals surface area (Å²) in [6, 6.07) is 1.78. The number of carbonyl (C=O) groups is 1. The molecule has 0 saturated carbocycles. The highest BCUT2D eigenvalue weighted by Gasteiger charge is 2.31. The van der Waals surface area contributed by atoms with Crippen molar-refractivity contribution >= 4 is 11.9 Å². The van der Waals surface area contributed by atoms with Gasteiger partial charge >= 0.3 is 0 Å². The Balaban J connectivity index is 2.43. The Morgan fingerprint density at radius 3 is 2.50 bits per heavy atom. The summed E-state index contributed by atoms with van der Waals surface area (Å²) in [6.45, 7) is 7.75. The highest BCUT2D eigenvalue weighted by molar-refractivity contribution is 6.01. The molecule has 130 valence electrons. The van der Waals surface area contributed by atoms with Gasteiger partial charge in [-0.15, -0.1) is 0 Å². The van der Waals surface area contributed by atoms with Crippen molar-refractivity contribution in [3.8, 4) is 17.2 Å². The molecule has 0 aliphatic carbocycles. The third-order valence-electron chi connectivity index (χ3n) is 4.16. The van der Waals surface area contributed by atoms with Gasteiger partial charge in [-0.2, -0.15) is 0 Å². The number of methoxy groups -OCH3 is 2. The highest BCUT2D eigenvalue weighted by Crippen LogP contribution is 2.44. The first kappa shape index (κ1) is 18.1. The third kappa shape index (κ3) is 3.64. The lowest BCUT2D eigenvalue weighted by molar-refractivity contribution is 0.101. The van der Waals surface area contributed by atoms with E-state index in [9.17, 15) is 4.79 Å². The Labute approximate surface area is 144 Å². The first-order chi connectivity index (χ1) is 11.3. The SMILES string of the molecule is COc1cc2c(c(OC)c1C(C)=O)C=CC(C)(CCC=C(C)C)O2. The van der Waals surface area contributed by atoms with Crippen molar-refractivity contribution in [2.24, 2.45) is 0 Å². The van der Waals surface area contributed by atoms with E-state index in [-0.39, 0.29) is 5.78 Å². The molecule has 4 nitrogen and oxygen atoms in total. The number of carbonyl (C=O) groups excluding carboxylic acids is 1. The molecule has 1 aromatic carbocycles. The van der Waals surface area contributed by atoms with Crippen molar-refractivity contribution in [3.05, 3.63) is 34.9 Å². The maximum atomic E-state index is 12.0. The zero-order chi connectivity index (χ0) is 17.9. The molecule has 1 aliphatic rings. The largest absolute Gasteiger partial charge is 0.496 e. The number of Topliss-reactive ketones (excluding diaryl/α,β-unsaturated/α-hetero) is 1. The van der Waals surface area contributed by atoms with E-state index in [1.165, 1.54) is 12.5 Å². The molecular weight excluding hydrogens is 304 g/mol. The Morgan fingerprint density at radius 1 is 1.25 bits per heavy atom. The summed E-state index contributed by atoms with van der Waals surface area (Å²) in [7, 11) is 3.10. The van der Waals surface area contributed by atoms with E-state index in [0.717, 1.165) is 18.4 Å². The van der Waals surface area contributed by atoms with Gasteiger partial charge in [0.1, 0.15) is 28.4 Å². The summed E-state index contributed by atoms with van der Waals surface area (Å²) in [4.78, 5) is 12.0. The summed E-state index contributed by atoms with van der Waals surface area (Å²) < 4.78 is 17.1. The quantitative estimate of drug-likeness (QED) is 0.554. The second kappa shape index (κ2) is 7.12. The molecular formula is C20H26O4. The molecule has 2 rings (SSSR count). The lowest BCUT2D eigenvalue weighted by Gasteiger charge is -2.32. The predicted molar refractivity (Wildman–Crippen MR) is 96.3 cm³/mol. The molecule has 0 amide bonds. The third-order valence-corrected chi connectivity index (χ3v) is 4.16. The van der Waals surface area contributed by atoms with E-state index in [1.807, 2.05) is 12.2 Å². The minimum absolute atomic E-state index is 0.100. The molecule has 24 heavy (non-hydrogen) atoms. The van der Waals surface area contributed by atoms with Crippen LogP contribution in [0.2, 0.25) is 0 Å². The Hall–Kier alpha value is -2.23. The maximum absolute atomic E-state index is 12.0. The molecule has 1 heterocycles. The van der Waals surface area contributed by atoms with Crippen LogP contribution in [-0.4, -0.2) is 25.6 Å². The van der Waals surface area contributed by atoms with Crippen molar-refractivity contribution in [2.75, 3.05) is 14.2 Å². The van der Waals surface area contributed by atoms with E-state index >= 15 is 0 Å². The molecule has 4 heteroatoms. The summed E-state index contributed by atoms with van der Waals surface area (Å²) in [5.74, 6) is 1.55. The molecule has 0 bridgehead atoms. The average Bonchev–Trinajstić information content (AvgIpc) is 2.51. The van der Waals surface area contributed by atoms with E-state index in [4.69, 9.17) is 14.2 Å². The number of ether oxygens (including phenoxy) is 3. The van der Waals surface area contributed by atoms with E-state index in [1.54, 1.807) is 20.3 Å². The standard InChI is InChI=1S/C20H26O4/c1-13(2)8-7-10-20(4)11-9-15-16(24-20)12-17(22-5)18(14(3)21)19(15)23-6/h8-9,11-12H,7,10H2,1-6H3. The zero-order valence-electron chi connectivity index (χ0n) is 15.4. The molecule has 1 aromatic rings. The number of benzene rings is 1. The monoisotopic (exact) mass is 330 g/mol. The molecule has 1 aliphatic heterocycles. The molecule has 0 fully saturated rings. The molecule has 0 radical (unpaired) electrons. The van der Waals surface area contributed by atoms with Gasteiger partial charge in [0, 0.05) is 6.07 Å². The molecule has 0 spiro atoms. The lowest BCUT2D eigenvalue weighted by Crippen LogP contribution is -2.32. The summed E-state index contributed by atoms with van der Waals surface area (Å²) in [5.41, 5.74) is 2.13. The fourth-order valence-electron chi connectivity index (χ4n) is 2.90. The van der Waals surface area contributed by atoms with Crippen molar-refractivity contribution in [1.82, 2.24) is 0 Å². The summed E-state index contributed by atoms with van der Waals surface area (Å²) >= 11 is 0. The number of allylic oxidation sites excluding steroid dienone is 2. The first-order valence-electron chi connectivity index (χ1n) is 8.13. The maximum Gasteiger partial charge on any atom is 0.167 e. The van der Waals surface area contributed by atoms with Crippen LogP contribution in [0.3, 0.4) is 0 Å². The first-order valence-corrected chi connectivity index (χ1v) is 8.13. The molecule has 1 unspecified atom stereocenters. The topological polar surface area (TPSA) is 44.8 Å². The molecule has 0 N–H and O–H groups in total. The van der Waals surface area contributed by atoms with Crippen molar-refractivity contribution in [1.29, 1.82) is 0 Å². The Kier molecular flexibility index (Phi) is 5.37. The lowest BCUT2D eigenvalue weighted by atomic mass is 9.93. The highest BCUT2D eigenvalue weighted by atomic mass is 16.5. The number of hydrogen-bond acceptors (Lipinski definition) is 4. The summed E-state index contributed by atoms with van der Waals surface area (Å²) in [6.07, 6.45) is 8.03. The number of hydrogen-bond donors (Lipinski definition) is 0. The van der Waals surface area contributed by atoms with Crippen LogP contribution in [0.5, 0.6) is 17.2 Å². The van der Waals surface area contributed by atoms with Gasteiger partial charge in [0.25, 0.3) is 0 Å². The molecule has 0 saturated heterocycles. The van der Waals surface area contributed by atoms with Crippen LogP contribution in [0.15, 0.2) is 23.8 Å². The van der Waals surface area contributed by atoms with Crippen LogP contribution in [0.4, 0.5) is 0 Å². The van der Waals surface area contributed by atoms with Crippen LogP contribution in [0, 0.1) is 0 Å². The van der Waals surface area contributed by atoms with Gasteiger partial charge in [-0.3, -0.25) is 4.79 Å². The van der Waals surface area contributed by atoms with Gasteiger partial charge in [0.2, 0.25) is 0 Å². The fraction of sp³-hybridized carbons (Fsp3) is 0.450. The van der Waals surface area contributed by atoms with Gasteiger partial charge < -0.3 is 14.2 Å². The van der Waals surface area contributed by atoms with Crippen LogP contribution < -0.4 is 14.2 Å². The van der Waals surface area contributed by atoms with Crippen molar-refractivity contribution in [3.63, 3.8) is 0 Å². The minimum Gasteiger partial charge on any atom is -0.496 e. The number of fused-ring (bicyclic) bond motifs is 1. The van der Waals surface area contributed by atoms with Gasteiger partial charge in [-0.25, -0.2) is 0 Å². The minimum atomic E-state index is -0.396. The van der Waals surface area contributed by atoms with Crippen molar-refractivity contribution in [2.45, 2.75) is 46.1 Å². The Morgan fingerprint density at radius 2 is 1.96 bits per heavy atom. The van der Waals surface area contributed by atoms with Crippen LogP contribution in [-0.2, 0) is 0 Å². The zero-order valence-corrected chi connectivity index (χ0v) is 15.4. The van der Waals surface area contributed by atoms with Crippen LogP contribution >= 0.6 is 0 Å². The number of ketones is 1. The van der Waals surface area contributed by atoms with E-state index in [0.29, 0.717) is 22.8 Å². The predicted octanol–water partition coefficient (Wildman–Crippen LogP) is 4.82. The second-order valence-electron chi connectivity index (χ2n) is 6.52. The van der Waals surface area contributed by atoms with E-state index < -0.39 is 5.60 Å². The smallest absolute Gasteiger partial charge is 0.167 e. The normalized spacial score (nSPS) is 18.4. The number of rotatable bonds is 6. The van der Waals surface area contributed by atoms with E-state index in [2.05, 4.69) is 26.8 Å². The molecule has 0 aromatic heterocycles. The van der Waals surface area contributed by atoms with Crippen molar-refractivity contribution < 1.29 is 19.0 Å². The van der Waals surface area contributed by atoms with Gasteiger partial charge in [-0.05, 0) is 52.7 Å². The Bertz CT molecular complexity index is 696. The second-order valence-corrected chi connectivity index (χ2v) is 6.52. The van der Waals surface area contributed by atoms with Gasteiger partial charge in [0.15, 0.2) is 5.78 Å².